The van der Waals surface area contributed by atoms with Gasteiger partial charge >= 0.3 is 0 Å². The largest absolute Gasteiger partial charge is 0.409 e. The predicted octanol–water partition coefficient (Wildman–Crippen LogP) is 0.453. The lowest BCUT2D eigenvalue weighted by atomic mass is 10.2. The lowest BCUT2D eigenvalue weighted by Crippen LogP contribution is -2.33. The summed E-state index contributed by atoms with van der Waals surface area (Å²) in [7, 11) is -1.26. The topological polar surface area (TPSA) is 109 Å². The minimum Gasteiger partial charge on any atom is -0.409 e. The molecule has 1 aliphatic heterocycles. The SMILES string of the molecule is CN(c1nccc(/C(N)=N/O)c1Cl)C1CCS(=O)(=O)C1. The van der Waals surface area contributed by atoms with E-state index in [1.54, 1.807) is 11.9 Å². The second kappa shape index (κ2) is 5.45. The number of rotatable bonds is 3. The predicted molar refractivity (Wildman–Crippen MR) is 77.2 cm³/mol. The number of aromatic nitrogens is 1. The number of hydrogen-bond donors (Lipinski definition) is 2. The summed E-state index contributed by atoms with van der Waals surface area (Å²) in [5.74, 6) is 0.540. The Balaban J connectivity index is 2.34. The molecule has 0 aromatic carbocycles. The summed E-state index contributed by atoms with van der Waals surface area (Å²) in [6.45, 7) is 0. The maximum absolute atomic E-state index is 11.5. The lowest BCUT2D eigenvalue weighted by Gasteiger charge is -2.25. The molecule has 20 heavy (non-hydrogen) atoms. The molecular weight excluding hydrogens is 304 g/mol. The van der Waals surface area contributed by atoms with Crippen molar-refractivity contribution < 1.29 is 13.6 Å². The summed E-state index contributed by atoms with van der Waals surface area (Å²) < 4.78 is 23.1. The van der Waals surface area contributed by atoms with Crippen molar-refractivity contribution in [1.29, 1.82) is 0 Å². The third-order valence-electron chi connectivity index (χ3n) is 3.34. The molecule has 1 fully saturated rings. The Hall–Kier alpha value is -1.54. The first-order chi connectivity index (χ1) is 9.35. The molecule has 2 heterocycles. The zero-order chi connectivity index (χ0) is 14.9. The van der Waals surface area contributed by atoms with Gasteiger partial charge in [0.1, 0.15) is 5.82 Å². The van der Waals surface area contributed by atoms with Crippen LogP contribution in [-0.2, 0) is 9.84 Å². The summed E-state index contributed by atoms with van der Waals surface area (Å²) in [4.78, 5) is 5.88. The Kier molecular flexibility index (Phi) is 4.05. The minimum absolute atomic E-state index is 0.0787. The molecule has 1 atom stereocenters. The van der Waals surface area contributed by atoms with E-state index in [-0.39, 0.29) is 28.4 Å². The van der Waals surface area contributed by atoms with Crippen LogP contribution in [0.4, 0.5) is 5.82 Å². The van der Waals surface area contributed by atoms with Gasteiger partial charge in [-0.3, -0.25) is 0 Å². The zero-order valence-electron chi connectivity index (χ0n) is 10.8. The van der Waals surface area contributed by atoms with E-state index in [4.69, 9.17) is 22.5 Å². The van der Waals surface area contributed by atoms with Crippen LogP contribution in [0.15, 0.2) is 17.4 Å². The Morgan fingerprint density at radius 3 is 2.90 bits per heavy atom. The molecule has 3 N–H and O–H groups in total. The molecule has 0 aliphatic carbocycles. The number of pyridine rings is 1. The van der Waals surface area contributed by atoms with Gasteiger partial charge in [-0.1, -0.05) is 16.8 Å². The van der Waals surface area contributed by atoms with Gasteiger partial charge in [-0.05, 0) is 12.5 Å². The Labute approximate surface area is 122 Å². The van der Waals surface area contributed by atoms with E-state index in [9.17, 15) is 8.42 Å². The summed E-state index contributed by atoms with van der Waals surface area (Å²) in [6.07, 6.45) is 2.01. The van der Waals surface area contributed by atoms with Crippen molar-refractivity contribution >= 4 is 33.1 Å². The van der Waals surface area contributed by atoms with E-state index < -0.39 is 9.84 Å². The van der Waals surface area contributed by atoms with E-state index in [1.165, 1.54) is 12.3 Å². The Bertz CT molecular complexity index is 647. The maximum Gasteiger partial charge on any atom is 0.171 e. The normalized spacial score (nSPS) is 21.9. The van der Waals surface area contributed by atoms with Crippen molar-refractivity contribution in [1.82, 2.24) is 4.98 Å². The molecule has 0 saturated carbocycles. The van der Waals surface area contributed by atoms with Gasteiger partial charge in [0.2, 0.25) is 0 Å². The van der Waals surface area contributed by atoms with Crippen LogP contribution in [0.3, 0.4) is 0 Å². The van der Waals surface area contributed by atoms with E-state index in [1.807, 2.05) is 0 Å². The van der Waals surface area contributed by atoms with Crippen molar-refractivity contribution in [2.24, 2.45) is 10.9 Å². The molecule has 110 valence electrons. The van der Waals surface area contributed by atoms with Crippen LogP contribution >= 0.6 is 11.6 Å². The number of nitrogens with two attached hydrogens (primary N) is 1. The Morgan fingerprint density at radius 2 is 2.35 bits per heavy atom. The first kappa shape index (κ1) is 14.9. The van der Waals surface area contributed by atoms with Crippen molar-refractivity contribution in [2.75, 3.05) is 23.5 Å². The van der Waals surface area contributed by atoms with Crippen LogP contribution in [0.5, 0.6) is 0 Å². The molecular formula is C11H15ClN4O3S. The van der Waals surface area contributed by atoms with Gasteiger partial charge in [0.15, 0.2) is 15.7 Å². The van der Waals surface area contributed by atoms with Crippen LogP contribution in [0.25, 0.3) is 0 Å². The van der Waals surface area contributed by atoms with Crippen LogP contribution in [0.2, 0.25) is 5.02 Å². The number of oxime groups is 1. The third-order valence-corrected chi connectivity index (χ3v) is 5.47. The summed E-state index contributed by atoms with van der Waals surface area (Å²) in [5.41, 5.74) is 5.89. The van der Waals surface area contributed by atoms with E-state index >= 15 is 0 Å². The number of amidine groups is 1. The molecule has 1 aliphatic rings. The highest BCUT2D eigenvalue weighted by Gasteiger charge is 2.32. The van der Waals surface area contributed by atoms with Crippen LogP contribution in [0, 0.1) is 0 Å². The lowest BCUT2D eigenvalue weighted by molar-refractivity contribution is 0.318. The van der Waals surface area contributed by atoms with E-state index in [0.29, 0.717) is 17.8 Å². The molecule has 0 spiro atoms. The van der Waals surface area contributed by atoms with Crippen molar-refractivity contribution in [3.05, 3.63) is 22.8 Å². The summed E-state index contributed by atoms with van der Waals surface area (Å²) >= 11 is 6.20. The fourth-order valence-corrected chi connectivity index (χ4v) is 4.30. The second-order valence-corrected chi connectivity index (χ2v) is 7.26. The van der Waals surface area contributed by atoms with Crippen LogP contribution < -0.4 is 10.6 Å². The molecule has 0 bridgehead atoms. The highest BCUT2D eigenvalue weighted by Crippen LogP contribution is 2.29. The standard InChI is InChI=1S/C11H15ClN4O3S/c1-16(7-3-5-20(18,19)6-7)11-9(12)8(2-4-14-11)10(13)15-17/h2,4,7,17H,3,5-6H2,1H3,(H2,13,15). The van der Waals surface area contributed by atoms with Crippen molar-refractivity contribution in [3.8, 4) is 0 Å². The molecule has 0 amide bonds. The van der Waals surface area contributed by atoms with Gasteiger partial charge in [-0.25, -0.2) is 13.4 Å². The number of sulfone groups is 1. The number of halogens is 1. The molecule has 2 rings (SSSR count). The molecule has 1 unspecified atom stereocenters. The maximum atomic E-state index is 11.5. The Morgan fingerprint density at radius 1 is 1.65 bits per heavy atom. The summed E-state index contributed by atoms with van der Waals surface area (Å²) in [6, 6.07) is 1.35. The molecule has 1 aromatic heterocycles. The molecule has 1 saturated heterocycles. The monoisotopic (exact) mass is 318 g/mol. The molecule has 0 radical (unpaired) electrons. The van der Waals surface area contributed by atoms with E-state index in [2.05, 4.69) is 10.1 Å². The average molecular weight is 319 g/mol. The zero-order valence-corrected chi connectivity index (χ0v) is 12.4. The van der Waals surface area contributed by atoms with Gasteiger partial charge < -0.3 is 15.8 Å². The molecule has 9 heteroatoms. The number of hydrogen-bond acceptors (Lipinski definition) is 6. The molecule has 1 aromatic rings. The smallest absolute Gasteiger partial charge is 0.171 e. The fourth-order valence-electron chi connectivity index (χ4n) is 2.18. The first-order valence-corrected chi connectivity index (χ1v) is 8.11. The minimum atomic E-state index is -2.99. The number of nitrogens with zero attached hydrogens (tertiary/aromatic N) is 3. The average Bonchev–Trinajstić information content (AvgIpc) is 2.78. The van der Waals surface area contributed by atoms with Crippen molar-refractivity contribution in [2.45, 2.75) is 12.5 Å². The third kappa shape index (κ3) is 2.80. The second-order valence-electron chi connectivity index (χ2n) is 4.65. The fraction of sp³-hybridized carbons (Fsp3) is 0.455. The van der Waals surface area contributed by atoms with Gasteiger partial charge in [-0.15, -0.1) is 0 Å². The quantitative estimate of drug-likeness (QED) is 0.362. The van der Waals surface area contributed by atoms with Gasteiger partial charge in [-0.2, -0.15) is 0 Å². The highest BCUT2D eigenvalue weighted by molar-refractivity contribution is 7.91. The van der Waals surface area contributed by atoms with Crippen molar-refractivity contribution in [3.63, 3.8) is 0 Å². The van der Waals surface area contributed by atoms with Gasteiger partial charge in [0.25, 0.3) is 0 Å². The summed E-state index contributed by atoms with van der Waals surface area (Å²) in [5, 5.41) is 11.9. The van der Waals surface area contributed by atoms with Gasteiger partial charge in [0.05, 0.1) is 16.5 Å². The van der Waals surface area contributed by atoms with Crippen LogP contribution in [0.1, 0.15) is 12.0 Å². The first-order valence-electron chi connectivity index (χ1n) is 5.91. The number of anilines is 1. The van der Waals surface area contributed by atoms with Crippen LogP contribution in [-0.4, -0.2) is 49.0 Å². The van der Waals surface area contributed by atoms with E-state index in [0.717, 1.165) is 0 Å². The van der Waals surface area contributed by atoms with Gasteiger partial charge in [0, 0.05) is 24.8 Å². The molecule has 7 nitrogen and oxygen atoms in total. The highest BCUT2D eigenvalue weighted by atomic mass is 35.5.